The van der Waals surface area contributed by atoms with Crippen molar-refractivity contribution in [1.82, 2.24) is 0 Å². The van der Waals surface area contributed by atoms with E-state index in [2.05, 4.69) is 0 Å². The standard InChI is InChI=1S/C4H9BO2/c5-4-1-3(6)2-7-4/h3-4,6H,1-2,5H2/t3?,4-/m1/s1. The molecule has 1 saturated heterocycles. The quantitative estimate of drug-likeness (QED) is 0.384. The van der Waals surface area contributed by atoms with Crippen LogP contribution in [0, 0.1) is 0 Å². The molecule has 2 nitrogen and oxygen atoms in total. The molecule has 2 atom stereocenters. The van der Waals surface area contributed by atoms with E-state index in [1.807, 2.05) is 7.85 Å². The van der Waals surface area contributed by atoms with Gasteiger partial charge in [-0.05, 0) is 6.42 Å². The Morgan fingerprint density at radius 2 is 2.43 bits per heavy atom. The minimum absolute atomic E-state index is 0.199. The van der Waals surface area contributed by atoms with Crippen molar-refractivity contribution in [2.24, 2.45) is 0 Å². The second-order valence-electron chi connectivity index (χ2n) is 2.03. The lowest BCUT2D eigenvalue weighted by molar-refractivity contribution is 0.117. The molecular formula is C4H9BO2. The van der Waals surface area contributed by atoms with Gasteiger partial charge in [0.1, 0.15) is 7.85 Å². The van der Waals surface area contributed by atoms with Crippen molar-refractivity contribution >= 4 is 7.85 Å². The molecule has 0 aromatic heterocycles. The first kappa shape index (κ1) is 5.13. The van der Waals surface area contributed by atoms with Crippen LogP contribution in [-0.2, 0) is 4.74 Å². The molecular weight excluding hydrogens is 90.9 g/mol. The maximum Gasteiger partial charge on any atom is 0.139 e. The Labute approximate surface area is 43.9 Å². The molecule has 1 N–H and O–H groups in total. The van der Waals surface area contributed by atoms with Crippen molar-refractivity contribution in [3.8, 4) is 0 Å². The summed E-state index contributed by atoms with van der Waals surface area (Å²) < 4.78 is 5.02. The average molecular weight is 99.9 g/mol. The van der Waals surface area contributed by atoms with E-state index >= 15 is 0 Å². The Morgan fingerprint density at radius 3 is 2.57 bits per heavy atom. The van der Waals surface area contributed by atoms with E-state index < -0.39 is 0 Å². The van der Waals surface area contributed by atoms with Crippen LogP contribution in [0.25, 0.3) is 0 Å². The summed E-state index contributed by atoms with van der Waals surface area (Å²) in [5.74, 6) is 0. The van der Waals surface area contributed by atoms with E-state index in [1.54, 1.807) is 0 Å². The highest BCUT2D eigenvalue weighted by molar-refractivity contribution is 6.11. The summed E-state index contributed by atoms with van der Waals surface area (Å²) in [6.07, 6.45) is 0.606. The van der Waals surface area contributed by atoms with Gasteiger partial charge in [0.05, 0.1) is 12.7 Å². The van der Waals surface area contributed by atoms with Crippen LogP contribution < -0.4 is 0 Å². The van der Waals surface area contributed by atoms with Gasteiger partial charge < -0.3 is 9.84 Å². The van der Waals surface area contributed by atoms with Gasteiger partial charge in [-0.15, -0.1) is 0 Å². The fourth-order valence-electron chi connectivity index (χ4n) is 0.795. The lowest BCUT2D eigenvalue weighted by atomic mass is 9.97. The molecule has 1 aliphatic heterocycles. The average Bonchev–Trinajstić information content (AvgIpc) is 1.87. The Balaban J connectivity index is 2.26. The Kier molecular flexibility index (Phi) is 1.35. The summed E-state index contributed by atoms with van der Waals surface area (Å²) in [6, 6.07) is 0.273. The Hall–Kier alpha value is -0.0151. The maximum absolute atomic E-state index is 8.77. The molecule has 40 valence electrons. The minimum Gasteiger partial charge on any atom is -0.391 e. The summed E-state index contributed by atoms with van der Waals surface area (Å²) in [5.41, 5.74) is 0. The number of aliphatic hydroxyl groups excluding tert-OH is 1. The largest absolute Gasteiger partial charge is 0.391 e. The molecule has 0 amide bonds. The van der Waals surface area contributed by atoms with Crippen molar-refractivity contribution in [3.63, 3.8) is 0 Å². The maximum atomic E-state index is 8.77. The van der Waals surface area contributed by atoms with Gasteiger partial charge in [0.2, 0.25) is 0 Å². The van der Waals surface area contributed by atoms with E-state index in [9.17, 15) is 0 Å². The zero-order chi connectivity index (χ0) is 5.28. The summed E-state index contributed by atoms with van der Waals surface area (Å²) in [6.45, 7) is 0.529. The van der Waals surface area contributed by atoms with E-state index in [1.165, 1.54) is 0 Å². The lowest BCUT2D eigenvalue weighted by Gasteiger charge is -1.94. The summed E-state index contributed by atoms with van der Waals surface area (Å²) >= 11 is 0. The van der Waals surface area contributed by atoms with Gasteiger partial charge in [-0.25, -0.2) is 0 Å². The van der Waals surface area contributed by atoms with Crippen molar-refractivity contribution < 1.29 is 9.84 Å². The van der Waals surface area contributed by atoms with Crippen LogP contribution in [0.1, 0.15) is 6.42 Å². The predicted octanol–water partition coefficient (Wildman–Crippen LogP) is -1.27. The van der Waals surface area contributed by atoms with Crippen molar-refractivity contribution in [2.75, 3.05) is 6.61 Å². The van der Waals surface area contributed by atoms with Gasteiger partial charge >= 0.3 is 0 Å². The van der Waals surface area contributed by atoms with Gasteiger partial charge in [0, 0.05) is 6.00 Å². The summed E-state index contributed by atoms with van der Waals surface area (Å²) in [5, 5.41) is 8.77. The summed E-state index contributed by atoms with van der Waals surface area (Å²) in [7, 11) is 1.97. The zero-order valence-corrected chi connectivity index (χ0v) is 4.42. The minimum atomic E-state index is -0.199. The molecule has 1 heterocycles. The molecule has 0 saturated carbocycles. The van der Waals surface area contributed by atoms with Crippen LogP contribution in [0.15, 0.2) is 0 Å². The topological polar surface area (TPSA) is 29.5 Å². The van der Waals surface area contributed by atoms with E-state index in [0.29, 0.717) is 6.61 Å². The second kappa shape index (κ2) is 1.84. The first-order valence-electron chi connectivity index (χ1n) is 2.58. The number of ether oxygens (including phenoxy) is 1. The third-order valence-electron chi connectivity index (χ3n) is 1.18. The number of rotatable bonds is 0. The third kappa shape index (κ3) is 1.18. The van der Waals surface area contributed by atoms with Crippen molar-refractivity contribution in [2.45, 2.75) is 18.5 Å². The molecule has 1 aliphatic rings. The molecule has 0 bridgehead atoms. The van der Waals surface area contributed by atoms with Crippen LogP contribution >= 0.6 is 0 Å². The van der Waals surface area contributed by atoms with Crippen molar-refractivity contribution in [1.29, 1.82) is 0 Å². The summed E-state index contributed by atoms with van der Waals surface area (Å²) in [4.78, 5) is 0. The van der Waals surface area contributed by atoms with E-state index in [4.69, 9.17) is 9.84 Å². The zero-order valence-electron chi connectivity index (χ0n) is 4.42. The molecule has 1 rings (SSSR count). The third-order valence-corrected chi connectivity index (χ3v) is 1.18. The first-order valence-corrected chi connectivity index (χ1v) is 2.58. The Bertz CT molecular complexity index is 58.7. The Morgan fingerprint density at radius 1 is 1.71 bits per heavy atom. The fraction of sp³-hybridized carbons (Fsp3) is 1.00. The van der Waals surface area contributed by atoms with E-state index in [0.717, 1.165) is 6.42 Å². The molecule has 0 spiro atoms. The van der Waals surface area contributed by atoms with E-state index in [-0.39, 0.29) is 12.1 Å². The predicted molar refractivity (Wildman–Crippen MR) is 28.9 cm³/mol. The van der Waals surface area contributed by atoms with Crippen LogP contribution in [0.3, 0.4) is 0 Å². The van der Waals surface area contributed by atoms with Crippen LogP contribution in [-0.4, -0.2) is 31.7 Å². The van der Waals surface area contributed by atoms with Gasteiger partial charge in [-0.2, -0.15) is 0 Å². The van der Waals surface area contributed by atoms with Gasteiger partial charge in [0.25, 0.3) is 0 Å². The van der Waals surface area contributed by atoms with Crippen LogP contribution in [0.4, 0.5) is 0 Å². The van der Waals surface area contributed by atoms with Gasteiger partial charge in [-0.1, -0.05) is 0 Å². The van der Waals surface area contributed by atoms with Gasteiger partial charge in [-0.3, -0.25) is 0 Å². The molecule has 1 fully saturated rings. The monoisotopic (exact) mass is 100 g/mol. The molecule has 0 aromatic carbocycles. The van der Waals surface area contributed by atoms with Gasteiger partial charge in [0.15, 0.2) is 0 Å². The second-order valence-corrected chi connectivity index (χ2v) is 2.03. The molecule has 0 aliphatic carbocycles. The normalized spacial score (nSPS) is 41.9. The molecule has 1 unspecified atom stereocenters. The number of aliphatic hydroxyl groups is 1. The van der Waals surface area contributed by atoms with Crippen LogP contribution in [0.2, 0.25) is 0 Å². The molecule has 0 aromatic rings. The highest BCUT2D eigenvalue weighted by atomic mass is 16.5. The fourth-order valence-corrected chi connectivity index (χ4v) is 0.795. The molecule has 3 heteroatoms. The molecule has 0 radical (unpaired) electrons. The SMILES string of the molecule is B[C@H]1CC(O)CO1. The number of hydrogen-bond acceptors (Lipinski definition) is 2. The highest BCUT2D eigenvalue weighted by Crippen LogP contribution is 2.08. The number of hydrogen-bond donors (Lipinski definition) is 1. The lowest BCUT2D eigenvalue weighted by Crippen LogP contribution is -2.05. The smallest absolute Gasteiger partial charge is 0.139 e. The van der Waals surface area contributed by atoms with Crippen LogP contribution in [0.5, 0.6) is 0 Å². The first-order chi connectivity index (χ1) is 3.29. The molecule has 7 heavy (non-hydrogen) atoms. The highest BCUT2D eigenvalue weighted by Gasteiger charge is 2.18. The van der Waals surface area contributed by atoms with Crippen molar-refractivity contribution in [3.05, 3.63) is 0 Å².